The predicted octanol–water partition coefficient (Wildman–Crippen LogP) is 3.73. The Bertz CT molecular complexity index is 701. The van der Waals surface area contributed by atoms with Crippen LogP contribution in [0.2, 0.25) is 0 Å². The SMILES string of the molecule is CCC(=O)Nc1ccc(C(=O)N2CCC(C(=O)NC3CCCCCC3)CC2)cc1. The summed E-state index contributed by atoms with van der Waals surface area (Å²) in [6.07, 6.45) is 9.01. The van der Waals surface area contributed by atoms with Crippen molar-refractivity contribution in [3.05, 3.63) is 29.8 Å². The predicted molar refractivity (Wildman–Crippen MR) is 114 cm³/mol. The molecule has 1 aromatic carbocycles. The van der Waals surface area contributed by atoms with Gasteiger partial charge in [-0.15, -0.1) is 0 Å². The highest BCUT2D eigenvalue weighted by Gasteiger charge is 2.29. The molecule has 1 saturated carbocycles. The maximum atomic E-state index is 12.8. The van der Waals surface area contributed by atoms with Gasteiger partial charge < -0.3 is 15.5 Å². The molecule has 29 heavy (non-hydrogen) atoms. The zero-order valence-corrected chi connectivity index (χ0v) is 17.4. The van der Waals surface area contributed by atoms with Gasteiger partial charge in [0.1, 0.15) is 0 Å². The molecule has 2 N–H and O–H groups in total. The van der Waals surface area contributed by atoms with Crippen LogP contribution in [0, 0.1) is 5.92 Å². The summed E-state index contributed by atoms with van der Waals surface area (Å²) in [4.78, 5) is 38.7. The summed E-state index contributed by atoms with van der Waals surface area (Å²) in [6.45, 7) is 3.01. The number of rotatable bonds is 5. The van der Waals surface area contributed by atoms with Crippen LogP contribution < -0.4 is 10.6 Å². The van der Waals surface area contributed by atoms with E-state index >= 15 is 0 Å². The van der Waals surface area contributed by atoms with Crippen LogP contribution in [-0.2, 0) is 9.59 Å². The first-order valence-corrected chi connectivity index (χ1v) is 11.1. The van der Waals surface area contributed by atoms with Crippen LogP contribution in [0.25, 0.3) is 0 Å². The lowest BCUT2D eigenvalue weighted by molar-refractivity contribution is -0.127. The van der Waals surface area contributed by atoms with Crippen molar-refractivity contribution in [1.29, 1.82) is 0 Å². The van der Waals surface area contributed by atoms with E-state index in [1.54, 1.807) is 31.2 Å². The van der Waals surface area contributed by atoms with E-state index in [1.165, 1.54) is 25.7 Å². The van der Waals surface area contributed by atoms with E-state index in [0.717, 1.165) is 25.7 Å². The van der Waals surface area contributed by atoms with Crippen molar-refractivity contribution in [3.63, 3.8) is 0 Å². The van der Waals surface area contributed by atoms with Crippen LogP contribution in [0.4, 0.5) is 5.69 Å². The summed E-state index contributed by atoms with van der Waals surface area (Å²) >= 11 is 0. The molecule has 1 aliphatic heterocycles. The van der Waals surface area contributed by atoms with Crippen LogP contribution in [0.1, 0.15) is 75.1 Å². The second kappa shape index (κ2) is 10.4. The Morgan fingerprint density at radius 3 is 2.14 bits per heavy atom. The summed E-state index contributed by atoms with van der Waals surface area (Å²) in [7, 11) is 0. The minimum absolute atomic E-state index is 0.00827. The van der Waals surface area contributed by atoms with Gasteiger partial charge in [0.2, 0.25) is 11.8 Å². The number of amides is 3. The highest BCUT2D eigenvalue weighted by atomic mass is 16.2. The van der Waals surface area contributed by atoms with Gasteiger partial charge in [-0.3, -0.25) is 14.4 Å². The summed E-state index contributed by atoms with van der Waals surface area (Å²) in [6, 6.07) is 7.34. The molecular weight excluding hydrogens is 366 g/mol. The van der Waals surface area contributed by atoms with Crippen molar-refractivity contribution >= 4 is 23.4 Å². The monoisotopic (exact) mass is 399 g/mol. The maximum absolute atomic E-state index is 12.8. The van der Waals surface area contributed by atoms with E-state index in [0.29, 0.717) is 36.8 Å². The van der Waals surface area contributed by atoms with Crippen LogP contribution in [0.5, 0.6) is 0 Å². The fourth-order valence-electron chi connectivity index (χ4n) is 4.22. The van der Waals surface area contributed by atoms with E-state index in [2.05, 4.69) is 10.6 Å². The van der Waals surface area contributed by atoms with Crippen LogP contribution in [0.3, 0.4) is 0 Å². The standard InChI is InChI=1S/C23H33N3O3/c1-2-21(27)24-20-11-9-18(10-12-20)23(29)26-15-13-17(14-16-26)22(28)25-19-7-5-3-4-6-8-19/h9-12,17,19H,2-8,13-16H2,1H3,(H,24,27)(H,25,28). The summed E-state index contributed by atoms with van der Waals surface area (Å²) in [5, 5.41) is 6.04. The van der Waals surface area contributed by atoms with Crippen molar-refractivity contribution in [2.75, 3.05) is 18.4 Å². The van der Waals surface area contributed by atoms with Gasteiger partial charge in [0.15, 0.2) is 0 Å². The molecule has 0 atom stereocenters. The number of piperidine rings is 1. The lowest BCUT2D eigenvalue weighted by Crippen LogP contribution is -2.45. The molecule has 1 heterocycles. The number of nitrogens with zero attached hydrogens (tertiary/aromatic N) is 1. The van der Waals surface area contributed by atoms with E-state index in [-0.39, 0.29) is 23.6 Å². The second-order valence-corrected chi connectivity index (χ2v) is 8.24. The lowest BCUT2D eigenvalue weighted by atomic mass is 9.94. The van der Waals surface area contributed by atoms with Crippen LogP contribution in [-0.4, -0.2) is 41.8 Å². The van der Waals surface area contributed by atoms with E-state index in [1.807, 2.05) is 4.90 Å². The molecule has 6 heteroatoms. The summed E-state index contributed by atoms with van der Waals surface area (Å²) in [5.74, 6) is 0.114. The Hall–Kier alpha value is -2.37. The first-order valence-electron chi connectivity index (χ1n) is 11.1. The van der Waals surface area contributed by atoms with E-state index in [4.69, 9.17) is 0 Å². The van der Waals surface area contributed by atoms with Crippen molar-refractivity contribution in [2.45, 2.75) is 70.8 Å². The number of hydrogen-bond acceptors (Lipinski definition) is 3. The maximum Gasteiger partial charge on any atom is 0.253 e. The van der Waals surface area contributed by atoms with Gasteiger partial charge in [-0.2, -0.15) is 0 Å². The van der Waals surface area contributed by atoms with Gasteiger partial charge in [0, 0.05) is 42.7 Å². The Morgan fingerprint density at radius 2 is 1.55 bits per heavy atom. The Kier molecular flexibility index (Phi) is 7.67. The van der Waals surface area contributed by atoms with Crippen LogP contribution in [0.15, 0.2) is 24.3 Å². The smallest absolute Gasteiger partial charge is 0.253 e. The lowest BCUT2D eigenvalue weighted by Gasteiger charge is -2.32. The Labute approximate surface area is 173 Å². The fourth-order valence-corrected chi connectivity index (χ4v) is 4.22. The van der Waals surface area contributed by atoms with E-state index in [9.17, 15) is 14.4 Å². The molecule has 2 fully saturated rings. The molecular formula is C23H33N3O3. The fraction of sp³-hybridized carbons (Fsp3) is 0.609. The zero-order chi connectivity index (χ0) is 20.6. The zero-order valence-electron chi connectivity index (χ0n) is 17.4. The van der Waals surface area contributed by atoms with Crippen LogP contribution >= 0.6 is 0 Å². The third-order valence-electron chi connectivity index (χ3n) is 6.09. The topological polar surface area (TPSA) is 78.5 Å². The van der Waals surface area contributed by atoms with Crippen molar-refractivity contribution in [1.82, 2.24) is 10.2 Å². The molecule has 6 nitrogen and oxygen atoms in total. The molecule has 0 aromatic heterocycles. The molecule has 0 unspecified atom stereocenters. The highest BCUT2D eigenvalue weighted by molar-refractivity contribution is 5.96. The number of anilines is 1. The average molecular weight is 400 g/mol. The number of carbonyl (C=O) groups is 3. The highest BCUT2D eigenvalue weighted by Crippen LogP contribution is 2.22. The van der Waals surface area contributed by atoms with Crippen molar-refractivity contribution in [2.24, 2.45) is 5.92 Å². The summed E-state index contributed by atoms with van der Waals surface area (Å²) < 4.78 is 0. The van der Waals surface area contributed by atoms with Gasteiger partial charge >= 0.3 is 0 Å². The molecule has 2 aliphatic rings. The Morgan fingerprint density at radius 1 is 0.931 bits per heavy atom. The van der Waals surface area contributed by atoms with Gasteiger partial charge in [0.25, 0.3) is 5.91 Å². The second-order valence-electron chi connectivity index (χ2n) is 8.24. The molecule has 3 amide bonds. The minimum atomic E-state index is -0.0479. The normalized spacial score (nSPS) is 18.7. The minimum Gasteiger partial charge on any atom is -0.353 e. The Balaban J connectivity index is 1.47. The van der Waals surface area contributed by atoms with Crippen molar-refractivity contribution < 1.29 is 14.4 Å². The molecule has 0 radical (unpaired) electrons. The van der Waals surface area contributed by atoms with Gasteiger partial charge in [-0.1, -0.05) is 32.6 Å². The van der Waals surface area contributed by atoms with E-state index < -0.39 is 0 Å². The third-order valence-corrected chi connectivity index (χ3v) is 6.09. The summed E-state index contributed by atoms with van der Waals surface area (Å²) in [5.41, 5.74) is 1.31. The number of likely N-dealkylation sites (tertiary alicyclic amines) is 1. The molecule has 1 aromatic rings. The molecule has 1 saturated heterocycles. The molecule has 158 valence electrons. The molecule has 0 bridgehead atoms. The number of benzene rings is 1. The average Bonchev–Trinajstić information content (AvgIpc) is 3.02. The number of nitrogens with one attached hydrogen (secondary N) is 2. The number of carbonyl (C=O) groups excluding carboxylic acids is 3. The van der Waals surface area contributed by atoms with Crippen molar-refractivity contribution in [3.8, 4) is 0 Å². The quantitative estimate of drug-likeness (QED) is 0.741. The van der Waals surface area contributed by atoms with Gasteiger partial charge in [0.05, 0.1) is 0 Å². The van der Waals surface area contributed by atoms with Gasteiger partial charge in [-0.25, -0.2) is 0 Å². The molecule has 3 rings (SSSR count). The number of hydrogen-bond donors (Lipinski definition) is 2. The molecule has 1 aliphatic carbocycles. The first kappa shape index (κ1) is 21.3. The third kappa shape index (κ3) is 6.05. The first-order chi connectivity index (χ1) is 14.1. The molecule has 0 spiro atoms. The van der Waals surface area contributed by atoms with Gasteiger partial charge in [-0.05, 0) is 49.9 Å². The largest absolute Gasteiger partial charge is 0.353 e.